The van der Waals surface area contributed by atoms with Gasteiger partial charge in [-0.1, -0.05) is 18.2 Å². The number of hydrogen-bond donors (Lipinski definition) is 1. The van der Waals surface area contributed by atoms with Gasteiger partial charge in [0.25, 0.3) is 0 Å². The lowest BCUT2D eigenvalue weighted by atomic mass is 10.1. The summed E-state index contributed by atoms with van der Waals surface area (Å²) in [4.78, 5) is 12.2. The van der Waals surface area contributed by atoms with E-state index < -0.39 is 0 Å². The van der Waals surface area contributed by atoms with Gasteiger partial charge in [-0.25, -0.2) is 0 Å². The lowest BCUT2D eigenvalue weighted by Gasteiger charge is -2.10. The Hall–Kier alpha value is -2.95. The summed E-state index contributed by atoms with van der Waals surface area (Å²) in [6.07, 6.45) is 3.19. The first-order chi connectivity index (χ1) is 13.1. The third kappa shape index (κ3) is 4.42. The number of methoxy groups -OCH3 is 2. The molecule has 0 spiro atoms. The number of hydrogen-bond acceptors (Lipinski definition) is 3. The Kier molecular flexibility index (Phi) is 6.01. The van der Waals surface area contributed by atoms with E-state index in [0.29, 0.717) is 30.9 Å². The molecule has 0 fully saturated rings. The molecule has 0 aliphatic carbocycles. The summed E-state index contributed by atoms with van der Waals surface area (Å²) in [5, 5.41) is 4.27. The predicted molar refractivity (Wildman–Crippen MR) is 108 cm³/mol. The highest BCUT2D eigenvalue weighted by molar-refractivity contribution is 5.83. The first-order valence-electron chi connectivity index (χ1n) is 9.14. The zero-order valence-corrected chi connectivity index (χ0v) is 16.1. The molecule has 5 heteroatoms. The largest absolute Gasteiger partial charge is 0.493 e. The number of carbonyl (C=O) groups excluding carboxylic acids is 1. The Balaban J connectivity index is 1.49. The molecule has 1 heterocycles. The minimum atomic E-state index is 0.0532. The van der Waals surface area contributed by atoms with Crippen LogP contribution in [0, 0.1) is 6.92 Å². The van der Waals surface area contributed by atoms with Gasteiger partial charge in [0.15, 0.2) is 11.5 Å². The molecule has 0 aliphatic rings. The molecule has 0 atom stereocenters. The van der Waals surface area contributed by atoms with Gasteiger partial charge in [-0.15, -0.1) is 0 Å². The number of nitrogens with one attached hydrogen (secondary N) is 1. The molecule has 0 saturated carbocycles. The maximum absolute atomic E-state index is 12.2. The predicted octanol–water partition coefficient (Wildman–Crippen LogP) is 3.72. The average molecular weight is 366 g/mol. The van der Waals surface area contributed by atoms with Crippen molar-refractivity contribution in [3.05, 3.63) is 59.8 Å². The molecule has 0 radical (unpaired) electrons. The average Bonchev–Trinajstić information content (AvgIpc) is 3.10. The van der Waals surface area contributed by atoms with Crippen molar-refractivity contribution in [1.29, 1.82) is 0 Å². The minimum absolute atomic E-state index is 0.0532. The molecule has 5 nitrogen and oxygen atoms in total. The highest BCUT2D eigenvalue weighted by Gasteiger charge is 2.07. The van der Waals surface area contributed by atoms with E-state index in [9.17, 15) is 4.79 Å². The molecule has 1 amide bonds. The van der Waals surface area contributed by atoms with Gasteiger partial charge in [0.1, 0.15) is 0 Å². The molecule has 142 valence electrons. The summed E-state index contributed by atoms with van der Waals surface area (Å²) in [5.74, 6) is 1.43. The Morgan fingerprint density at radius 3 is 2.67 bits per heavy atom. The third-order valence-electron chi connectivity index (χ3n) is 4.80. The van der Waals surface area contributed by atoms with Crippen molar-refractivity contribution in [2.75, 3.05) is 20.8 Å². The molecule has 0 bridgehead atoms. The van der Waals surface area contributed by atoms with E-state index in [1.54, 1.807) is 14.2 Å². The van der Waals surface area contributed by atoms with Crippen LogP contribution in [0.15, 0.2) is 48.7 Å². The quantitative estimate of drug-likeness (QED) is 0.661. The summed E-state index contributed by atoms with van der Waals surface area (Å²) in [5.41, 5.74) is 3.52. The molecule has 1 aromatic heterocycles. The SMILES string of the molecule is COc1ccc(CCC(=O)NCCn2ccc3c(C)cccc32)cc1OC. The van der Waals surface area contributed by atoms with Gasteiger partial charge in [-0.2, -0.15) is 0 Å². The van der Waals surface area contributed by atoms with Crippen molar-refractivity contribution in [3.63, 3.8) is 0 Å². The standard InChI is InChI=1S/C22H26N2O3/c1-16-5-4-6-19-18(16)11-13-24(19)14-12-23-22(25)10-8-17-7-9-20(26-2)21(15-17)27-3/h4-7,9,11,13,15H,8,10,12,14H2,1-3H3,(H,23,25). The maximum atomic E-state index is 12.2. The number of ether oxygens (including phenoxy) is 2. The molecule has 1 N–H and O–H groups in total. The number of rotatable bonds is 8. The molecule has 3 rings (SSSR count). The zero-order chi connectivity index (χ0) is 19.2. The number of aryl methyl sites for hydroxylation is 2. The fraction of sp³-hybridized carbons (Fsp3) is 0.318. The van der Waals surface area contributed by atoms with Crippen LogP contribution < -0.4 is 14.8 Å². The van der Waals surface area contributed by atoms with Gasteiger partial charge in [0, 0.05) is 36.6 Å². The smallest absolute Gasteiger partial charge is 0.220 e. The van der Waals surface area contributed by atoms with Crippen LogP contribution in [0.4, 0.5) is 0 Å². The second kappa shape index (κ2) is 8.62. The van der Waals surface area contributed by atoms with Gasteiger partial charge >= 0.3 is 0 Å². The van der Waals surface area contributed by atoms with Gasteiger partial charge in [0.2, 0.25) is 5.91 Å². The fourth-order valence-corrected chi connectivity index (χ4v) is 3.27. The first-order valence-corrected chi connectivity index (χ1v) is 9.14. The summed E-state index contributed by atoms with van der Waals surface area (Å²) < 4.78 is 12.7. The Bertz CT molecular complexity index is 930. The van der Waals surface area contributed by atoms with Gasteiger partial charge in [-0.3, -0.25) is 4.79 Å². The van der Waals surface area contributed by atoms with Crippen LogP contribution in [-0.4, -0.2) is 31.2 Å². The summed E-state index contributed by atoms with van der Waals surface area (Å²) >= 11 is 0. The van der Waals surface area contributed by atoms with Gasteiger partial charge < -0.3 is 19.4 Å². The summed E-state index contributed by atoms with van der Waals surface area (Å²) in [6, 6.07) is 14.2. The third-order valence-corrected chi connectivity index (χ3v) is 4.80. The van der Waals surface area contributed by atoms with Crippen molar-refractivity contribution in [2.24, 2.45) is 0 Å². The fourth-order valence-electron chi connectivity index (χ4n) is 3.27. The number of nitrogens with zero attached hydrogens (tertiary/aromatic N) is 1. The highest BCUT2D eigenvalue weighted by Crippen LogP contribution is 2.28. The van der Waals surface area contributed by atoms with Gasteiger partial charge in [-0.05, 0) is 48.7 Å². The van der Waals surface area contributed by atoms with Crippen molar-refractivity contribution >= 4 is 16.8 Å². The second-order valence-electron chi connectivity index (χ2n) is 6.56. The molecular weight excluding hydrogens is 340 g/mol. The number of amides is 1. The second-order valence-corrected chi connectivity index (χ2v) is 6.56. The van der Waals surface area contributed by atoms with Crippen LogP contribution in [0.25, 0.3) is 10.9 Å². The van der Waals surface area contributed by atoms with E-state index in [-0.39, 0.29) is 5.91 Å². The first kappa shape index (κ1) is 18.8. The van der Waals surface area contributed by atoms with Crippen LogP contribution in [0.3, 0.4) is 0 Å². The Morgan fingerprint density at radius 2 is 1.89 bits per heavy atom. The maximum Gasteiger partial charge on any atom is 0.220 e. The van der Waals surface area contributed by atoms with Crippen LogP contribution in [0.1, 0.15) is 17.5 Å². The number of fused-ring (bicyclic) bond motifs is 1. The lowest BCUT2D eigenvalue weighted by molar-refractivity contribution is -0.121. The number of benzene rings is 2. The van der Waals surface area contributed by atoms with E-state index in [0.717, 1.165) is 12.1 Å². The summed E-state index contributed by atoms with van der Waals surface area (Å²) in [6.45, 7) is 3.49. The summed E-state index contributed by atoms with van der Waals surface area (Å²) in [7, 11) is 3.22. The lowest BCUT2D eigenvalue weighted by Crippen LogP contribution is -2.27. The highest BCUT2D eigenvalue weighted by atomic mass is 16.5. The van der Waals surface area contributed by atoms with Crippen molar-refractivity contribution in [2.45, 2.75) is 26.3 Å². The molecule has 27 heavy (non-hydrogen) atoms. The molecule has 3 aromatic rings. The van der Waals surface area contributed by atoms with Crippen LogP contribution >= 0.6 is 0 Å². The molecular formula is C22H26N2O3. The zero-order valence-electron chi connectivity index (χ0n) is 16.1. The van der Waals surface area contributed by atoms with Crippen molar-refractivity contribution in [3.8, 4) is 11.5 Å². The molecule has 0 unspecified atom stereocenters. The van der Waals surface area contributed by atoms with Gasteiger partial charge in [0.05, 0.1) is 14.2 Å². The van der Waals surface area contributed by atoms with E-state index in [4.69, 9.17) is 9.47 Å². The van der Waals surface area contributed by atoms with Crippen molar-refractivity contribution < 1.29 is 14.3 Å². The van der Waals surface area contributed by atoms with Crippen molar-refractivity contribution in [1.82, 2.24) is 9.88 Å². The number of carbonyl (C=O) groups is 1. The van der Waals surface area contributed by atoms with E-state index in [2.05, 4.69) is 47.3 Å². The van der Waals surface area contributed by atoms with E-state index in [1.807, 2.05) is 18.2 Å². The van der Waals surface area contributed by atoms with Crippen LogP contribution in [0.2, 0.25) is 0 Å². The Labute approximate surface area is 159 Å². The molecule has 0 aliphatic heterocycles. The molecule has 0 saturated heterocycles. The topological polar surface area (TPSA) is 52.5 Å². The Morgan fingerprint density at radius 1 is 1.07 bits per heavy atom. The van der Waals surface area contributed by atoms with Crippen LogP contribution in [0.5, 0.6) is 11.5 Å². The molecule has 2 aromatic carbocycles. The monoisotopic (exact) mass is 366 g/mol. The number of aromatic nitrogens is 1. The van der Waals surface area contributed by atoms with E-state index in [1.165, 1.54) is 16.5 Å². The normalized spacial score (nSPS) is 10.8. The van der Waals surface area contributed by atoms with Crippen LogP contribution in [-0.2, 0) is 17.8 Å². The minimum Gasteiger partial charge on any atom is -0.493 e. The van der Waals surface area contributed by atoms with E-state index >= 15 is 0 Å².